The largest absolute Gasteiger partial charge is 0.352 e. The van der Waals surface area contributed by atoms with E-state index in [-0.39, 0.29) is 47.7 Å². The Morgan fingerprint density at radius 2 is 1.83 bits per heavy atom. The monoisotopic (exact) mass is 496 g/mol. The van der Waals surface area contributed by atoms with Gasteiger partial charge in [-0.15, -0.1) is 5.10 Å². The highest BCUT2D eigenvalue weighted by atomic mass is 16.2. The van der Waals surface area contributed by atoms with Gasteiger partial charge in [0.1, 0.15) is 6.54 Å². The first-order chi connectivity index (χ1) is 17.2. The van der Waals surface area contributed by atoms with Gasteiger partial charge in [0.05, 0.1) is 10.9 Å². The van der Waals surface area contributed by atoms with Crippen LogP contribution in [0.15, 0.2) is 27.8 Å². The van der Waals surface area contributed by atoms with E-state index < -0.39 is 5.69 Å². The van der Waals surface area contributed by atoms with Gasteiger partial charge in [-0.05, 0) is 50.3 Å². The Morgan fingerprint density at radius 3 is 2.50 bits per heavy atom. The van der Waals surface area contributed by atoms with Gasteiger partial charge in [-0.2, -0.15) is 0 Å². The predicted molar refractivity (Wildman–Crippen MR) is 138 cm³/mol. The summed E-state index contributed by atoms with van der Waals surface area (Å²) >= 11 is 0. The molecule has 2 N–H and O–H groups in total. The number of aromatic nitrogens is 4. The normalized spacial score (nSPS) is 15.5. The van der Waals surface area contributed by atoms with Crippen molar-refractivity contribution in [1.29, 1.82) is 0 Å². The fraction of sp³-hybridized carbons (Fsp3) is 0.577. The van der Waals surface area contributed by atoms with Crippen molar-refractivity contribution in [2.75, 3.05) is 0 Å². The number of nitrogens with one attached hydrogen (secondary N) is 2. The molecule has 36 heavy (non-hydrogen) atoms. The summed E-state index contributed by atoms with van der Waals surface area (Å²) in [7, 11) is 0. The lowest BCUT2D eigenvalue weighted by Gasteiger charge is -2.22. The number of hydrogen-bond acceptors (Lipinski definition) is 5. The van der Waals surface area contributed by atoms with Crippen LogP contribution < -0.4 is 21.9 Å². The van der Waals surface area contributed by atoms with Crippen LogP contribution in [0.2, 0.25) is 0 Å². The van der Waals surface area contributed by atoms with Gasteiger partial charge in [0.2, 0.25) is 11.7 Å². The van der Waals surface area contributed by atoms with Crippen LogP contribution in [0, 0.1) is 5.92 Å². The average molecular weight is 497 g/mol. The second-order valence-corrected chi connectivity index (χ2v) is 10.3. The van der Waals surface area contributed by atoms with E-state index in [1.807, 2.05) is 27.7 Å². The Balaban J connectivity index is 1.82. The van der Waals surface area contributed by atoms with E-state index in [1.165, 1.54) is 15.4 Å². The number of amides is 2. The van der Waals surface area contributed by atoms with Crippen LogP contribution >= 0.6 is 0 Å². The van der Waals surface area contributed by atoms with E-state index in [9.17, 15) is 19.2 Å². The summed E-state index contributed by atoms with van der Waals surface area (Å²) in [6.07, 6.45) is 6.04. The molecule has 1 atom stereocenters. The predicted octanol–water partition coefficient (Wildman–Crippen LogP) is 2.44. The van der Waals surface area contributed by atoms with E-state index in [0.717, 1.165) is 36.8 Å². The summed E-state index contributed by atoms with van der Waals surface area (Å²) in [6.45, 7) is 7.89. The quantitative estimate of drug-likeness (QED) is 0.496. The Bertz CT molecular complexity index is 1390. The number of carbonyl (C=O) groups is 2. The van der Waals surface area contributed by atoms with Crippen molar-refractivity contribution in [2.45, 2.75) is 91.4 Å². The summed E-state index contributed by atoms with van der Waals surface area (Å²) in [5, 5.41) is 10.6. The van der Waals surface area contributed by atoms with Crippen LogP contribution in [0.25, 0.3) is 16.7 Å². The number of rotatable bonds is 8. The van der Waals surface area contributed by atoms with E-state index in [1.54, 1.807) is 18.2 Å². The van der Waals surface area contributed by atoms with Gasteiger partial charge >= 0.3 is 5.69 Å². The molecule has 0 radical (unpaired) electrons. The Kier molecular flexibility index (Phi) is 7.61. The van der Waals surface area contributed by atoms with Gasteiger partial charge < -0.3 is 10.6 Å². The molecule has 0 unspecified atom stereocenters. The highest BCUT2D eigenvalue weighted by Gasteiger charge is 2.22. The molecule has 0 bridgehead atoms. The van der Waals surface area contributed by atoms with Gasteiger partial charge in [0, 0.05) is 24.2 Å². The number of carbonyl (C=O) groups excluding carboxylic acids is 2. The third kappa shape index (κ3) is 5.22. The molecular formula is C26H36N6O4. The highest BCUT2D eigenvalue weighted by Crippen LogP contribution is 2.19. The minimum Gasteiger partial charge on any atom is -0.352 e. The maximum atomic E-state index is 13.4. The maximum absolute atomic E-state index is 13.4. The van der Waals surface area contributed by atoms with Crippen LogP contribution in [0.3, 0.4) is 0 Å². The van der Waals surface area contributed by atoms with Crippen molar-refractivity contribution in [3.63, 3.8) is 0 Å². The van der Waals surface area contributed by atoms with Crippen molar-refractivity contribution < 1.29 is 9.59 Å². The third-order valence-electron chi connectivity index (χ3n) is 6.84. The first kappa shape index (κ1) is 25.7. The molecule has 2 amide bonds. The summed E-state index contributed by atoms with van der Waals surface area (Å²) < 4.78 is 3.89. The van der Waals surface area contributed by atoms with Crippen molar-refractivity contribution in [3.8, 4) is 0 Å². The van der Waals surface area contributed by atoms with Gasteiger partial charge in [-0.1, -0.05) is 40.0 Å². The van der Waals surface area contributed by atoms with Crippen LogP contribution in [-0.4, -0.2) is 42.6 Å². The Morgan fingerprint density at radius 1 is 1.11 bits per heavy atom. The van der Waals surface area contributed by atoms with E-state index in [4.69, 9.17) is 0 Å². The average Bonchev–Trinajstić information content (AvgIpc) is 3.17. The first-order valence-corrected chi connectivity index (χ1v) is 13.0. The molecule has 1 saturated carbocycles. The molecule has 2 aromatic heterocycles. The second kappa shape index (κ2) is 10.7. The molecule has 1 aromatic carbocycles. The van der Waals surface area contributed by atoms with Crippen molar-refractivity contribution in [2.24, 2.45) is 5.92 Å². The van der Waals surface area contributed by atoms with Crippen LogP contribution in [-0.2, 0) is 17.9 Å². The SMILES string of the molecule is CC[C@@H](C)NC(=O)Cn1nc2n(CC(C)C)c(=O)c3ccc(C(=O)NC4CCCCC4)cc3n2c1=O. The van der Waals surface area contributed by atoms with E-state index >= 15 is 0 Å². The zero-order valence-electron chi connectivity index (χ0n) is 21.5. The van der Waals surface area contributed by atoms with Crippen molar-refractivity contribution >= 4 is 28.5 Å². The highest BCUT2D eigenvalue weighted by molar-refractivity contribution is 5.98. The van der Waals surface area contributed by atoms with E-state index in [0.29, 0.717) is 23.0 Å². The molecule has 3 aromatic rings. The molecule has 0 aliphatic heterocycles. The fourth-order valence-corrected chi connectivity index (χ4v) is 4.76. The molecule has 0 saturated heterocycles. The van der Waals surface area contributed by atoms with Crippen LogP contribution in [0.1, 0.15) is 76.6 Å². The van der Waals surface area contributed by atoms with Crippen molar-refractivity contribution in [1.82, 2.24) is 29.4 Å². The molecule has 2 heterocycles. The summed E-state index contributed by atoms with van der Waals surface area (Å²) in [6, 6.07) is 4.91. The van der Waals surface area contributed by atoms with Gasteiger partial charge in [-0.25, -0.2) is 13.9 Å². The van der Waals surface area contributed by atoms with Crippen LogP contribution in [0.5, 0.6) is 0 Å². The Labute approximate surface area is 209 Å². The van der Waals surface area contributed by atoms with Gasteiger partial charge in [0.25, 0.3) is 11.5 Å². The molecule has 4 rings (SSSR count). The fourth-order valence-electron chi connectivity index (χ4n) is 4.76. The molecule has 0 spiro atoms. The summed E-state index contributed by atoms with van der Waals surface area (Å²) in [4.78, 5) is 52.4. The zero-order chi connectivity index (χ0) is 26.0. The number of benzene rings is 1. The zero-order valence-corrected chi connectivity index (χ0v) is 21.5. The second-order valence-electron chi connectivity index (χ2n) is 10.3. The molecule has 1 aliphatic carbocycles. The summed E-state index contributed by atoms with van der Waals surface area (Å²) in [5.41, 5.74) is -0.127. The minimum absolute atomic E-state index is 0.0320. The Hall–Kier alpha value is -3.43. The standard InChI is InChI=1S/C26H36N6O4/c1-5-17(4)27-22(33)15-31-26(36)32-21-13-18(23(34)28-19-9-7-6-8-10-19)11-12-20(21)24(35)30(14-16(2)3)25(32)29-31/h11-13,16-17,19H,5-10,14-15H2,1-4H3,(H,27,33)(H,28,34)/t17-/m1/s1. The number of nitrogens with zero attached hydrogens (tertiary/aromatic N) is 4. The topological polar surface area (TPSA) is 120 Å². The maximum Gasteiger partial charge on any atom is 0.352 e. The summed E-state index contributed by atoms with van der Waals surface area (Å²) in [5.74, 6) is -0.271. The van der Waals surface area contributed by atoms with Crippen LogP contribution in [0.4, 0.5) is 0 Å². The van der Waals surface area contributed by atoms with E-state index in [2.05, 4.69) is 15.7 Å². The third-order valence-corrected chi connectivity index (χ3v) is 6.84. The smallest absolute Gasteiger partial charge is 0.352 e. The number of hydrogen-bond donors (Lipinski definition) is 2. The van der Waals surface area contributed by atoms with Gasteiger partial charge in [-0.3, -0.25) is 19.0 Å². The molecular weight excluding hydrogens is 460 g/mol. The molecule has 194 valence electrons. The van der Waals surface area contributed by atoms with Crippen molar-refractivity contribution in [3.05, 3.63) is 44.6 Å². The lowest BCUT2D eigenvalue weighted by molar-refractivity contribution is -0.122. The minimum atomic E-state index is -0.531. The van der Waals surface area contributed by atoms with Gasteiger partial charge in [0.15, 0.2) is 0 Å². The lowest BCUT2D eigenvalue weighted by Crippen LogP contribution is -2.37. The molecule has 10 heteroatoms. The molecule has 1 aliphatic rings. The lowest BCUT2D eigenvalue weighted by atomic mass is 9.95. The molecule has 10 nitrogen and oxygen atoms in total. The number of fused-ring (bicyclic) bond motifs is 3. The first-order valence-electron chi connectivity index (χ1n) is 13.0. The molecule has 1 fully saturated rings.